The average molecular weight is 430 g/mol. The SMILES string of the molecule is O=C(CC1CCCN(S(=O)(=O)c2ccc3ccccc3c2)C1)NN1CCCCCC1. The third kappa shape index (κ3) is 5.02. The molecule has 6 nitrogen and oxygen atoms in total. The standard InChI is InChI=1S/C23H31N3O3S/c27-23(24-25-13-5-1-2-6-14-25)16-19-8-7-15-26(18-19)30(28,29)22-12-11-20-9-3-4-10-21(20)17-22/h3-4,9-12,17,19H,1-2,5-8,13-16,18H2,(H,24,27). The maximum Gasteiger partial charge on any atom is 0.243 e. The first-order valence-corrected chi connectivity index (χ1v) is 12.5. The van der Waals surface area contributed by atoms with Gasteiger partial charge in [0.25, 0.3) is 0 Å². The van der Waals surface area contributed by atoms with E-state index in [0.29, 0.717) is 24.4 Å². The van der Waals surface area contributed by atoms with Gasteiger partial charge in [0.2, 0.25) is 15.9 Å². The van der Waals surface area contributed by atoms with Gasteiger partial charge >= 0.3 is 0 Å². The number of hydrazine groups is 1. The van der Waals surface area contributed by atoms with Crippen molar-refractivity contribution < 1.29 is 13.2 Å². The predicted molar refractivity (Wildman–Crippen MR) is 118 cm³/mol. The molecule has 2 fully saturated rings. The van der Waals surface area contributed by atoms with Crippen LogP contribution in [0, 0.1) is 5.92 Å². The van der Waals surface area contributed by atoms with Gasteiger partial charge in [-0.2, -0.15) is 4.31 Å². The lowest BCUT2D eigenvalue weighted by Crippen LogP contribution is -2.45. The van der Waals surface area contributed by atoms with Crippen molar-refractivity contribution in [2.24, 2.45) is 5.92 Å². The van der Waals surface area contributed by atoms with Crippen molar-refractivity contribution >= 4 is 26.7 Å². The van der Waals surface area contributed by atoms with Gasteiger partial charge in [0.15, 0.2) is 0 Å². The van der Waals surface area contributed by atoms with E-state index in [1.807, 2.05) is 35.3 Å². The van der Waals surface area contributed by atoms with Crippen LogP contribution in [0.3, 0.4) is 0 Å². The predicted octanol–water partition coefficient (Wildman–Crippen LogP) is 3.54. The molecule has 30 heavy (non-hydrogen) atoms. The molecule has 2 aliphatic rings. The second-order valence-corrected chi connectivity index (χ2v) is 10.5. The maximum absolute atomic E-state index is 13.2. The summed E-state index contributed by atoms with van der Waals surface area (Å²) >= 11 is 0. The minimum Gasteiger partial charge on any atom is -0.289 e. The summed E-state index contributed by atoms with van der Waals surface area (Å²) in [6.07, 6.45) is 6.71. The third-order valence-corrected chi connectivity index (χ3v) is 8.06. The fraction of sp³-hybridized carbons (Fsp3) is 0.522. The number of nitrogens with zero attached hydrogens (tertiary/aromatic N) is 2. The molecule has 162 valence electrons. The zero-order valence-corrected chi connectivity index (χ0v) is 18.2. The van der Waals surface area contributed by atoms with Crippen LogP contribution in [-0.2, 0) is 14.8 Å². The Balaban J connectivity index is 1.40. The summed E-state index contributed by atoms with van der Waals surface area (Å²) in [6.45, 7) is 2.72. The van der Waals surface area contributed by atoms with Gasteiger partial charge in [0.1, 0.15) is 0 Å². The van der Waals surface area contributed by atoms with E-state index < -0.39 is 10.0 Å². The Labute approximate surface area is 179 Å². The summed E-state index contributed by atoms with van der Waals surface area (Å²) in [4.78, 5) is 12.9. The van der Waals surface area contributed by atoms with Crippen molar-refractivity contribution in [3.8, 4) is 0 Å². The molecule has 2 saturated heterocycles. The van der Waals surface area contributed by atoms with Crippen molar-refractivity contribution in [3.63, 3.8) is 0 Å². The Morgan fingerprint density at radius 2 is 1.67 bits per heavy atom. The minimum atomic E-state index is -3.56. The molecule has 0 saturated carbocycles. The summed E-state index contributed by atoms with van der Waals surface area (Å²) in [6, 6.07) is 13.1. The number of hydrogen-bond acceptors (Lipinski definition) is 4. The highest BCUT2D eigenvalue weighted by Gasteiger charge is 2.31. The Kier molecular flexibility index (Phi) is 6.71. The molecule has 2 aromatic rings. The molecule has 0 aliphatic carbocycles. The maximum atomic E-state index is 13.2. The highest BCUT2D eigenvalue weighted by atomic mass is 32.2. The Bertz CT molecular complexity index is 984. The number of carbonyl (C=O) groups is 1. The molecule has 2 aliphatic heterocycles. The van der Waals surface area contributed by atoms with Gasteiger partial charge in [-0.15, -0.1) is 0 Å². The number of fused-ring (bicyclic) bond motifs is 1. The van der Waals surface area contributed by atoms with E-state index >= 15 is 0 Å². The van der Waals surface area contributed by atoms with Gasteiger partial charge in [-0.05, 0) is 54.5 Å². The van der Waals surface area contributed by atoms with E-state index in [1.54, 1.807) is 16.4 Å². The fourth-order valence-electron chi connectivity index (χ4n) is 4.56. The number of amides is 1. The van der Waals surface area contributed by atoms with Gasteiger partial charge in [0.05, 0.1) is 4.90 Å². The summed E-state index contributed by atoms with van der Waals surface area (Å²) < 4.78 is 28.0. The molecule has 1 amide bonds. The second-order valence-electron chi connectivity index (χ2n) is 8.52. The van der Waals surface area contributed by atoms with Crippen LogP contribution in [0.25, 0.3) is 10.8 Å². The average Bonchev–Trinajstić information content (AvgIpc) is 3.02. The minimum absolute atomic E-state index is 0.00635. The zero-order chi connectivity index (χ0) is 21.0. The molecule has 4 rings (SSSR count). The number of carbonyl (C=O) groups excluding carboxylic acids is 1. The largest absolute Gasteiger partial charge is 0.289 e. The first kappa shape index (κ1) is 21.3. The molecule has 7 heteroatoms. The number of sulfonamides is 1. The first-order valence-electron chi connectivity index (χ1n) is 11.1. The molecule has 2 heterocycles. The molecular weight excluding hydrogens is 398 g/mol. The van der Waals surface area contributed by atoms with Gasteiger partial charge in [-0.1, -0.05) is 43.2 Å². The first-order chi connectivity index (χ1) is 14.5. The molecule has 1 unspecified atom stereocenters. The number of hydrogen-bond donors (Lipinski definition) is 1. The normalized spacial score (nSPS) is 21.9. The highest BCUT2D eigenvalue weighted by molar-refractivity contribution is 7.89. The van der Waals surface area contributed by atoms with E-state index in [2.05, 4.69) is 5.43 Å². The van der Waals surface area contributed by atoms with Crippen LogP contribution in [0.15, 0.2) is 47.4 Å². The Hall–Kier alpha value is -1.96. The lowest BCUT2D eigenvalue weighted by atomic mass is 9.96. The molecule has 1 atom stereocenters. The van der Waals surface area contributed by atoms with Crippen LogP contribution < -0.4 is 5.43 Å². The molecular formula is C23H31N3O3S. The van der Waals surface area contributed by atoms with Gasteiger partial charge in [0, 0.05) is 32.6 Å². The Morgan fingerprint density at radius 1 is 0.933 bits per heavy atom. The summed E-state index contributed by atoms with van der Waals surface area (Å²) in [5, 5.41) is 3.98. The second kappa shape index (κ2) is 9.45. The number of rotatable bonds is 5. The van der Waals surface area contributed by atoms with E-state index in [1.165, 1.54) is 12.8 Å². The van der Waals surface area contributed by atoms with E-state index in [-0.39, 0.29) is 11.8 Å². The quantitative estimate of drug-likeness (QED) is 0.789. The zero-order valence-electron chi connectivity index (χ0n) is 17.4. The fourth-order valence-corrected chi connectivity index (χ4v) is 6.15. The highest BCUT2D eigenvalue weighted by Crippen LogP contribution is 2.27. The molecule has 0 radical (unpaired) electrons. The number of nitrogens with one attached hydrogen (secondary N) is 1. The van der Waals surface area contributed by atoms with Crippen LogP contribution >= 0.6 is 0 Å². The lowest BCUT2D eigenvalue weighted by Gasteiger charge is -2.32. The smallest absolute Gasteiger partial charge is 0.243 e. The van der Waals surface area contributed by atoms with Gasteiger partial charge < -0.3 is 0 Å². The number of piperidine rings is 1. The topological polar surface area (TPSA) is 69.7 Å². The summed E-state index contributed by atoms with van der Waals surface area (Å²) in [7, 11) is -3.56. The van der Waals surface area contributed by atoms with E-state index in [0.717, 1.165) is 49.5 Å². The van der Waals surface area contributed by atoms with Gasteiger partial charge in [-0.3, -0.25) is 10.2 Å². The van der Waals surface area contributed by atoms with Crippen molar-refractivity contribution in [2.75, 3.05) is 26.2 Å². The van der Waals surface area contributed by atoms with Crippen molar-refractivity contribution in [2.45, 2.75) is 49.8 Å². The molecule has 1 N–H and O–H groups in total. The number of benzene rings is 2. The van der Waals surface area contributed by atoms with Crippen LogP contribution in [0.4, 0.5) is 0 Å². The molecule has 0 spiro atoms. The summed E-state index contributed by atoms with van der Waals surface area (Å²) in [5.74, 6) is 0.0628. The van der Waals surface area contributed by atoms with Crippen LogP contribution in [0.2, 0.25) is 0 Å². The molecule has 0 aromatic heterocycles. The van der Waals surface area contributed by atoms with Crippen molar-refractivity contribution in [1.82, 2.24) is 14.7 Å². The third-order valence-electron chi connectivity index (χ3n) is 6.20. The van der Waals surface area contributed by atoms with Crippen molar-refractivity contribution in [3.05, 3.63) is 42.5 Å². The van der Waals surface area contributed by atoms with Gasteiger partial charge in [-0.25, -0.2) is 13.4 Å². The van der Waals surface area contributed by atoms with Crippen molar-refractivity contribution in [1.29, 1.82) is 0 Å². The molecule has 2 aromatic carbocycles. The van der Waals surface area contributed by atoms with Crippen LogP contribution in [0.5, 0.6) is 0 Å². The lowest BCUT2D eigenvalue weighted by molar-refractivity contribution is -0.127. The van der Waals surface area contributed by atoms with E-state index in [9.17, 15) is 13.2 Å². The van der Waals surface area contributed by atoms with Crippen LogP contribution in [-0.4, -0.2) is 49.8 Å². The van der Waals surface area contributed by atoms with E-state index in [4.69, 9.17) is 0 Å². The molecule has 0 bridgehead atoms. The monoisotopic (exact) mass is 429 g/mol. The summed E-state index contributed by atoms with van der Waals surface area (Å²) in [5.41, 5.74) is 3.04. The Morgan fingerprint density at radius 3 is 2.43 bits per heavy atom. The van der Waals surface area contributed by atoms with Crippen LogP contribution in [0.1, 0.15) is 44.9 Å².